The molecule has 1 aliphatic carbocycles. The summed E-state index contributed by atoms with van der Waals surface area (Å²) in [5.41, 5.74) is -0.617. The van der Waals surface area contributed by atoms with Crippen LogP contribution in [0.4, 0.5) is 0 Å². The molecule has 3 N–H and O–H groups in total. The maximum absolute atomic E-state index is 13.1. The summed E-state index contributed by atoms with van der Waals surface area (Å²) in [6.07, 6.45) is 12.2. The largest absolute Gasteiger partial charge is 0.354 e. The van der Waals surface area contributed by atoms with Gasteiger partial charge < -0.3 is 10.6 Å². The number of rotatable bonds is 10. The first-order chi connectivity index (χ1) is 13.0. The highest BCUT2D eigenvalue weighted by molar-refractivity contribution is 6.07. The minimum absolute atomic E-state index is 0.0121. The second-order valence-corrected chi connectivity index (χ2v) is 8.20. The van der Waals surface area contributed by atoms with Crippen LogP contribution in [0.2, 0.25) is 0 Å². The topological polar surface area (TPSA) is 85.3 Å². The first-order valence-corrected chi connectivity index (χ1v) is 11.0. The molecule has 1 aliphatic heterocycles. The van der Waals surface area contributed by atoms with E-state index in [0.717, 1.165) is 64.2 Å². The molecule has 27 heavy (non-hydrogen) atoms. The van der Waals surface area contributed by atoms with E-state index in [2.05, 4.69) is 24.5 Å². The molecule has 1 heterocycles. The number of guanidine groups is 1. The van der Waals surface area contributed by atoms with Gasteiger partial charge in [-0.05, 0) is 25.7 Å². The first-order valence-electron chi connectivity index (χ1n) is 11.0. The zero-order valence-corrected chi connectivity index (χ0v) is 17.2. The molecule has 0 aromatic rings. The van der Waals surface area contributed by atoms with Crippen LogP contribution in [0.5, 0.6) is 0 Å². The minimum Gasteiger partial charge on any atom is -0.354 e. The third-order valence-corrected chi connectivity index (χ3v) is 6.06. The van der Waals surface area contributed by atoms with Gasteiger partial charge >= 0.3 is 0 Å². The third-order valence-electron chi connectivity index (χ3n) is 6.06. The monoisotopic (exact) mass is 378 g/mol. The summed E-state index contributed by atoms with van der Waals surface area (Å²) in [4.78, 5) is 27.0. The van der Waals surface area contributed by atoms with E-state index in [1.54, 1.807) is 0 Å². The number of carbonyl (C=O) groups excluding carboxylic acids is 2. The molecule has 154 valence electrons. The van der Waals surface area contributed by atoms with Gasteiger partial charge in [-0.3, -0.25) is 19.9 Å². The average molecular weight is 379 g/mol. The van der Waals surface area contributed by atoms with E-state index in [-0.39, 0.29) is 23.7 Å². The Bertz CT molecular complexity index is 504. The molecule has 2 aliphatic rings. The summed E-state index contributed by atoms with van der Waals surface area (Å²) in [5, 5.41) is 14.5. The van der Waals surface area contributed by atoms with Crippen LogP contribution in [0.25, 0.3) is 0 Å². The number of hydrogen-bond donors (Lipinski definition) is 3. The van der Waals surface area contributed by atoms with Gasteiger partial charge in [0.05, 0.1) is 0 Å². The van der Waals surface area contributed by atoms with E-state index in [1.165, 1.54) is 17.7 Å². The van der Waals surface area contributed by atoms with Gasteiger partial charge in [0.15, 0.2) is 5.96 Å². The van der Waals surface area contributed by atoms with Crippen LogP contribution in [0.15, 0.2) is 0 Å². The van der Waals surface area contributed by atoms with E-state index < -0.39 is 5.54 Å². The van der Waals surface area contributed by atoms with Crippen LogP contribution < -0.4 is 10.6 Å². The fourth-order valence-corrected chi connectivity index (χ4v) is 4.32. The van der Waals surface area contributed by atoms with E-state index in [1.807, 2.05) is 0 Å². The summed E-state index contributed by atoms with van der Waals surface area (Å²) in [6.45, 7) is 5.05. The van der Waals surface area contributed by atoms with Crippen molar-refractivity contribution in [1.82, 2.24) is 15.5 Å². The quantitative estimate of drug-likeness (QED) is 0.508. The average Bonchev–Trinajstić information content (AvgIpc) is 2.86. The molecule has 0 bridgehead atoms. The Morgan fingerprint density at radius 1 is 1.15 bits per heavy atom. The highest BCUT2D eigenvalue weighted by Gasteiger charge is 2.48. The van der Waals surface area contributed by atoms with Crippen molar-refractivity contribution in [3.8, 4) is 0 Å². The predicted molar refractivity (Wildman–Crippen MR) is 109 cm³/mol. The van der Waals surface area contributed by atoms with Crippen LogP contribution in [-0.4, -0.2) is 41.3 Å². The Hall–Kier alpha value is -1.59. The molecule has 0 aromatic heterocycles. The second-order valence-electron chi connectivity index (χ2n) is 8.20. The van der Waals surface area contributed by atoms with Crippen molar-refractivity contribution in [3.63, 3.8) is 0 Å². The summed E-state index contributed by atoms with van der Waals surface area (Å²) in [7, 11) is 0. The molecule has 0 aromatic carbocycles. The van der Waals surface area contributed by atoms with Crippen molar-refractivity contribution in [3.05, 3.63) is 0 Å². The Labute approximate surface area is 164 Å². The zero-order valence-electron chi connectivity index (χ0n) is 17.2. The Morgan fingerprint density at radius 2 is 1.74 bits per heavy atom. The molecule has 6 nitrogen and oxygen atoms in total. The molecule has 2 fully saturated rings. The first kappa shape index (κ1) is 21.7. The molecule has 0 spiro atoms. The van der Waals surface area contributed by atoms with Gasteiger partial charge in [-0.2, -0.15) is 0 Å². The number of nitrogens with one attached hydrogen (secondary N) is 3. The molecule has 0 radical (unpaired) electrons. The Morgan fingerprint density at radius 3 is 2.30 bits per heavy atom. The SMILES string of the molecule is CCCCC1(CCCC)NC(=N)N(CCNC(=O)C2CCCCCC2)C1=O. The number of hydrogen-bond acceptors (Lipinski definition) is 3. The molecule has 0 atom stereocenters. The lowest BCUT2D eigenvalue weighted by Crippen LogP contribution is -2.47. The normalized spacial score (nSPS) is 20.4. The minimum atomic E-state index is -0.617. The zero-order chi connectivity index (χ0) is 19.7. The maximum Gasteiger partial charge on any atom is 0.255 e. The van der Waals surface area contributed by atoms with E-state index in [0.29, 0.717) is 13.1 Å². The molecule has 1 saturated heterocycles. The standard InChI is InChI=1S/C21H38N4O2/c1-3-5-13-21(14-6-4-2)19(27)25(20(22)24-21)16-15-23-18(26)17-11-9-7-8-10-12-17/h17H,3-16H2,1-2H3,(H2,22,24)(H,23,26). The number of carbonyl (C=O) groups is 2. The lowest BCUT2D eigenvalue weighted by molar-refractivity contribution is -0.132. The molecule has 0 unspecified atom stereocenters. The fourth-order valence-electron chi connectivity index (χ4n) is 4.32. The second kappa shape index (κ2) is 10.7. The van der Waals surface area contributed by atoms with Crippen molar-refractivity contribution < 1.29 is 9.59 Å². The van der Waals surface area contributed by atoms with Gasteiger partial charge in [-0.15, -0.1) is 0 Å². The van der Waals surface area contributed by atoms with Gasteiger partial charge in [-0.1, -0.05) is 65.2 Å². The number of nitrogens with zero attached hydrogens (tertiary/aromatic N) is 1. The molecule has 2 rings (SSSR count). The van der Waals surface area contributed by atoms with Gasteiger partial charge in [0.25, 0.3) is 5.91 Å². The predicted octanol–water partition coefficient (Wildman–Crippen LogP) is 3.56. The van der Waals surface area contributed by atoms with Crippen molar-refractivity contribution in [2.24, 2.45) is 5.92 Å². The van der Waals surface area contributed by atoms with Crippen molar-refractivity contribution in [1.29, 1.82) is 5.41 Å². The van der Waals surface area contributed by atoms with Crippen LogP contribution >= 0.6 is 0 Å². The number of amides is 2. The summed E-state index contributed by atoms with van der Waals surface area (Å²) in [6, 6.07) is 0. The van der Waals surface area contributed by atoms with E-state index in [4.69, 9.17) is 5.41 Å². The molecule has 2 amide bonds. The van der Waals surface area contributed by atoms with Crippen LogP contribution in [0, 0.1) is 11.3 Å². The summed E-state index contributed by atoms with van der Waals surface area (Å²) >= 11 is 0. The Balaban J connectivity index is 1.88. The smallest absolute Gasteiger partial charge is 0.255 e. The van der Waals surface area contributed by atoms with Crippen LogP contribution in [0.3, 0.4) is 0 Å². The fraction of sp³-hybridized carbons (Fsp3) is 0.857. The van der Waals surface area contributed by atoms with Crippen molar-refractivity contribution in [2.45, 2.75) is 96.4 Å². The van der Waals surface area contributed by atoms with Crippen LogP contribution in [-0.2, 0) is 9.59 Å². The van der Waals surface area contributed by atoms with Crippen LogP contribution in [0.1, 0.15) is 90.9 Å². The maximum atomic E-state index is 13.1. The van der Waals surface area contributed by atoms with Crippen molar-refractivity contribution >= 4 is 17.8 Å². The summed E-state index contributed by atoms with van der Waals surface area (Å²) < 4.78 is 0. The number of unbranched alkanes of at least 4 members (excludes halogenated alkanes) is 2. The third kappa shape index (κ3) is 5.69. The van der Waals surface area contributed by atoms with Gasteiger partial charge in [-0.25, -0.2) is 0 Å². The van der Waals surface area contributed by atoms with E-state index >= 15 is 0 Å². The molecular formula is C21H38N4O2. The molecule has 1 saturated carbocycles. The highest BCUT2D eigenvalue weighted by Crippen LogP contribution is 2.29. The van der Waals surface area contributed by atoms with E-state index in [9.17, 15) is 9.59 Å². The van der Waals surface area contributed by atoms with Crippen molar-refractivity contribution in [2.75, 3.05) is 13.1 Å². The van der Waals surface area contributed by atoms with Gasteiger partial charge in [0.1, 0.15) is 5.54 Å². The molecular weight excluding hydrogens is 340 g/mol. The summed E-state index contributed by atoms with van der Waals surface area (Å²) in [5.74, 6) is 0.438. The molecule has 6 heteroatoms. The lowest BCUT2D eigenvalue weighted by Gasteiger charge is -2.27. The van der Waals surface area contributed by atoms with Gasteiger partial charge in [0.2, 0.25) is 5.91 Å². The highest BCUT2D eigenvalue weighted by atomic mass is 16.2. The lowest BCUT2D eigenvalue weighted by atomic mass is 9.87. The Kier molecular flexibility index (Phi) is 8.58. The van der Waals surface area contributed by atoms with Gasteiger partial charge in [0, 0.05) is 19.0 Å².